The predicted octanol–water partition coefficient (Wildman–Crippen LogP) is 1.49. The summed E-state index contributed by atoms with van der Waals surface area (Å²) in [6, 6.07) is 5.83. The van der Waals surface area contributed by atoms with Crippen LogP contribution >= 0.6 is 0 Å². The van der Waals surface area contributed by atoms with Gasteiger partial charge in [0.05, 0.1) is 0 Å². The SMILES string of the molecule is Cc1ccc(OCC(=O)N(C)C(C)CN)cc1C. The maximum absolute atomic E-state index is 11.8. The van der Waals surface area contributed by atoms with Crippen LogP contribution in [0.4, 0.5) is 0 Å². The van der Waals surface area contributed by atoms with Crippen molar-refractivity contribution in [3.8, 4) is 5.75 Å². The first kappa shape index (κ1) is 14.5. The number of benzene rings is 1. The van der Waals surface area contributed by atoms with Crippen molar-refractivity contribution in [3.63, 3.8) is 0 Å². The number of hydrogen-bond acceptors (Lipinski definition) is 3. The van der Waals surface area contributed by atoms with Gasteiger partial charge in [-0.3, -0.25) is 4.79 Å². The van der Waals surface area contributed by atoms with E-state index >= 15 is 0 Å². The molecule has 2 N–H and O–H groups in total. The summed E-state index contributed by atoms with van der Waals surface area (Å²) in [5, 5.41) is 0. The molecule has 0 spiro atoms. The van der Waals surface area contributed by atoms with E-state index in [2.05, 4.69) is 0 Å². The van der Waals surface area contributed by atoms with Crippen LogP contribution in [-0.4, -0.2) is 37.0 Å². The van der Waals surface area contributed by atoms with E-state index < -0.39 is 0 Å². The zero-order valence-corrected chi connectivity index (χ0v) is 11.6. The standard InChI is InChI=1S/C14H22N2O2/c1-10-5-6-13(7-11(10)2)18-9-14(17)16(4)12(3)8-15/h5-7,12H,8-9,15H2,1-4H3. The Morgan fingerprint density at radius 2 is 2.06 bits per heavy atom. The van der Waals surface area contributed by atoms with Crippen molar-refractivity contribution >= 4 is 5.91 Å². The van der Waals surface area contributed by atoms with Gasteiger partial charge in [0, 0.05) is 19.6 Å². The van der Waals surface area contributed by atoms with Crippen LogP contribution in [0.2, 0.25) is 0 Å². The van der Waals surface area contributed by atoms with Crippen LogP contribution in [0.1, 0.15) is 18.1 Å². The minimum Gasteiger partial charge on any atom is -0.484 e. The Morgan fingerprint density at radius 1 is 1.39 bits per heavy atom. The van der Waals surface area contributed by atoms with E-state index in [0.717, 1.165) is 11.3 Å². The minimum absolute atomic E-state index is 0.0286. The molecule has 1 amide bonds. The Kier molecular flexibility index (Phi) is 5.16. The van der Waals surface area contributed by atoms with E-state index in [1.54, 1.807) is 11.9 Å². The molecule has 1 rings (SSSR count). The molecular weight excluding hydrogens is 228 g/mol. The topological polar surface area (TPSA) is 55.6 Å². The number of rotatable bonds is 5. The van der Waals surface area contributed by atoms with Crippen LogP contribution in [0.3, 0.4) is 0 Å². The fourth-order valence-corrected chi connectivity index (χ4v) is 1.45. The normalized spacial score (nSPS) is 12.1. The summed E-state index contributed by atoms with van der Waals surface area (Å²) in [6.45, 7) is 6.47. The molecule has 4 nitrogen and oxygen atoms in total. The van der Waals surface area contributed by atoms with Crippen molar-refractivity contribution in [2.24, 2.45) is 5.73 Å². The highest BCUT2D eigenvalue weighted by Crippen LogP contribution is 2.16. The Bertz CT molecular complexity index is 418. The third-order valence-corrected chi connectivity index (χ3v) is 3.24. The Balaban J connectivity index is 2.54. The fraction of sp³-hybridized carbons (Fsp3) is 0.500. The monoisotopic (exact) mass is 250 g/mol. The lowest BCUT2D eigenvalue weighted by Gasteiger charge is -2.23. The number of likely N-dealkylation sites (N-methyl/N-ethyl adjacent to an activating group) is 1. The zero-order valence-electron chi connectivity index (χ0n) is 11.6. The quantitative estimate of drug-likeness (QED) is 0.861. The summed E-state index contributed by atoms with van der Waals surface area (Å²) in [5.74, 6) is 0.659. The van der Waals surface area contributed by atoms with E-state index in [-0.39, 0.29) is 18.6 Å². The van der Waals surface area contributed by atoms with Crippen molar-refractivity contribution in [1.82, 2.24) is 4.90 Å². The fourth-order valence-electron chi connectivity index (χ4n) is 1.45. The molecule has 100 valence electrons. The second-order valence-electron chi connectivity index (χ2n) is 4.62. The van der Waals surface area contributed by atoms with E-state index in [0.29, 0.717) is 6.54 Å². The lowest BCUT2D eigenvalue weighted by atomic mass is 10.1. The molecule has 0 heterocycles. The van der Waals surface area contributed by atoms with Gasteiger partial charge in [0.15, 0.2) is 6.61 Å². The van der Waals surface area contributed by atoms with Crippen LogP contribution in [-0.2, 0) is 4.79 Å². The highest BCUT2D eigenvalue weighted by Gasteiger charge is 2.14. The molecule has 0 aromatic heterocycles. The Labute approximate surface area is 109 Å². The second kappa shape index (κ2) is 6.40. The molecule has 1 aromatic rings. The molecule has 0 aliphatic heterocycles. The third kappa shape index (κ3) is 3.74. The van der Waals surface area contributed by atoms with Crippen LogP contribution in [0.15, 0.2) is 18.2 Å². The number of amides is 1. The summed E-state index contributed by atoms with van der Waals surface area (Å²) in [5.41, 5.74) is 7.89. The van der Waals surface area contributed by atoms with Crippen LogP contribution in [0.5, 0.6) is 5.75 Å². The van der Waals surface area contributed by atoms with Gasteiger partial charge in [-0.05, 0) is 44.0 Å². The Hall–Kier alpha value is -1.55. The number of carbonyl (C=O) groups excluding carboxylic acids is 1. The molecule has 1 unspecified atom stereocenters. The molecule has 1 atom stereocenters. The van der Waals surface area contributed by atoms with Crippen molar-refractivity contribution < 1.29 is 9.53 Å². The molecule has 0 fully saturated rings. The van der Waals surface area contributed by atoms with Crippen molar-refractivity contribution in [2.45, 2.75) is 26.8 Å². The summed E-state index contributed by atoms with van der Waals surface area (Å²) < 4.78 is 5.49. The van der Waals surface area contributed by atoms with Crippen molar-refractivity contribution in [3.05, 3.63) is 29.3 Å². The molecule has 0 saturated heterocycles. The average Bonchev–Trinajstić information content (AvgIpc) is 2.37. The van der Waals surface area contributed by atoms with Gasteiger partial charge < -0.3 is 15.4 Å². The minimum atomic E-state index is -0.0637. The first-order valence-electron chi connectivity index (χ1n) is 6.11. The maximum Gasteiger partial charge on any atom is 0.260 e. The molecule has 4 heteroatoms. The second-order valence-corrected chi connectivity index (χ2v) is 4.62. The molecule has 18 heavy (non-hydrogen) atoms. The molecule has 0 bridgehead atoms. The summed E-state index contributed by atoms with van der Waals surface area (Å²) in [7, 11) is 1.74. The average molecular weight is 250 g/mol. The third-order valence-electron chi connectivity index (χ3n) is 3.24. The molecular formula is C14H22N2O2. The van der Waals surface area contributed by atoms with Gasteiger partial charge >= 0.3 is 0 Å². The summed E-state index contributed by atoms with van der Waals surface area (Å²) in [6.07, 6.45) is 0. The molecule has 0 aliphatic carbocycles. The van der Waals surface area contributed by atoms with E-state index in [1.165, 1.54) is 5.56 Å². The number of ether oxygens (including phenoxy) is 1. The summed E-state index contributed by atoms with van der Waals surface area (Å²) in [4.78, 5) is 13.4. The highest BCUT2D eigenvalue weighted by molar-refractivity contribution is 5.77. The van der Waals surface area contributed by atoms with Crippen LogP contribution < -0.4 is 10.5 Å². The van der Waals surface area contributed by atoms with Gasteiger partial charge in [-0.1, -0.05) is 6.07 Å². The van der Waals surface area contributed by atoms with Crippen LogP contribution in [0, 0.1) is 13.8 Å². The van der Waals surface area contributed by atoms with E-state index in [1.807, 2.05) is 39.0 Å². The number of aryl methyl sites for hydroxylation is 2. The first-order valence-corrected chi connectivity index (χ1v) is 6.11. The van der Waals surface area contributed by atoms with Gasteiger partial charge in [0.1, 0.15) is 5.75 Å². The smallest absolute Gasteiger partial charge is 0.260 e. The van der Waals surface area contributed by atoms with E-state index in [9.17, 15) is 4.79 Å². The lowest BCUT2D eigenvalue weighted by Crippen LogP contribution is -2.42. The molecule has 0 aliphatic rings. The maximum atomic E-state index is 11.8. The number of nitrogens with zero attached hydrogens (tertiary/aromatic N) is 1. The van der Waals surface area contributed by atoms with Crippen molar-refractivity contribution in [2.75, 3.05) is 20.2 Å². The van der Waals surface area contributed by atoms with Gasteiger partial charge in [0.2, 0.25) is 0 Å². The van der Waals surface area contributed by atoms with Crippen molar-refractivity contribution in [1.29, 1.82) is 0 Å². The summed E-state index contributed by atoms with van der Waals surface area (Å²) >= 11 is 0. The van der Waals surface area contributed by atoms with Gasteiger partial charge in [0.25, 0.3) is 5.91 Å². The predicted molar refractivity (Wildman–Crippen MR) is 72.7 cm³/mol. The number of hydrogen-bond donors (Lipinski definition) is 1. The number of nitrogens with two attached hydrogens (primary N) is 1. The number of carbonyl (C=O) groups is 1. The first-order chi connectivity index (χ1) is 8.45. The van der Waals surface area contributed by atoms with Gasteiger partial charge in [-0.25, -0.2) is 0 Å². The largest absolute Gasteiger partial charge is 0.484 e. The molecule has 0 saturated carbocycles. The lowest BCUT2D eigenvalue weighted by molar-refractivity contribution is -0.133. The van der Waals surface area contributed by atoms with Gasteiger partial charge in [-0.15, -0.1) is 0 Å². The van der Waals surface area contributed by atoms with Gasteiger partial charge in [-0.2, -0.15) is 0 Å². The Morgan fingerprint density at radius 3 is 2.61 bits per heavy atom. The van der Waals surface area contributed by atoms with E-state index in [4.69, 9.17) is 10.5 Å². The van der Waals surface area contributed by atoms with Crippen LogP contribution in [0.25, 0.3) is 0 Å². The molecule has 1 aromatic carbocycles. The molecule has 0 radical (unpaired) electrons. The highest BCUT2D eigenvalue weighted by atomic mass is 16.5. The zero-order chi connectivity index (χ0) is 13.7.